The van der Waals surface area contributed by atoms with Crippen LogP contribution in [0.2, 0.25) is 0 Å². The van der Waals surface area contributed by atoms with E-state index in [0.717, 1.165) is 11.3 Å². The van der Waals surface area contributed by atoms with Gasteiger partial charge in [-0.25, -0.2) is 0 Å². The summed E-state index contributed by atoms with van der Waals surface area (Å²) >= 11 is 0. The summed E-state index contributed by atoms with van der Waals surface area (Å²) in [6.45, 7) is 0. The van der Waals surface area contributed by atoms with Gasteiger partial charge in [-0.3, -0.25) is 5.10 Å². The molecule has 3 nitrogen and oxygen atoms in total. The summed E-state index contributed by atoms with van der Waals surface area (Å²) in [5.41, 5.74) is 3.40. The molecule has 0 bridgehead atoms. The van der Waals surface area contributed by atoms with Crippen LogP contribution in [-0.2, 0) is 0 Å². The largest absolute Gasteiger partial charge is 0.378 e. The van der Waals surface area contributed by atoms with Crippen molar-refractivity contribution in [3.8, 4) is 11.3 Å². The van der Waals surface area contributed by atoms with Gasteiger partial charge in [0.15, 0.2) is 0 Å². The predicted octanol–water partition coefficient (Wildman–Crippen LogP) is 2.14. The standard InChI is InChI=1S/C11H13N3/c1-14(2)10-5-3-4-9(8-10)11-6-7-12-13-11/h3-8H,1-2H3,(H,12,13). The molecule has 0 aliphatic heterocycles. The first-order valence-corrected chi connectivity index (χ1v) is 4.54. The maximum absolute atomic E-state index is 3.93. The van der Waals surface area contributed by atoms with Crippen molar-refractivity contribution in [1.29, 1.82) is 0 Å². The van der Waals surface area contributed by atoms with Gasteiger partial charge in [-0.05, 0) is 18.2 Å². The van der Waals surface area contributed by atoms with Gasteiger partial charge >= 0.3 is 0 Å². The van der Waals surface area contributed by atoms with E-state index in [9.17, 15) is 0 Å². The molecule has 0 fully saturated rings. The summed E-state index contributed by atoms with van der Waals surface area (Å²) in [6.07, 6.45) is 1.76. The Balaban J connectivity index is 2.41. The second-order valence-corrected chi connectivity index (χ2v) is 3.42. The fourth-order valence-corrected chi connectivity index (χ4v) is 1.37. The number of hydrogen-bond acceptors (Lipinski definition) is 2. The van der Waals surface area contributed by atoms with E-state index >= 15 is 0 Å². The summed E-state index contributed by atoms with van der Waals surface area (Å²) in [5, 5.41) is 6.89. The Morgan fingerprint density at radius 2 is 2.07 bits per heavy atom. The fourth-order valence-electron chi connectivity index (χ4n) is 1.37. The Morgan fingerprint density at radius 3 is 2.71 bits per heavy atom. The Bertz CT molecular complexity index is 404. The minimum atomic E-state index is 1.05. The second kappa shape index (κ2) is 3.54. The number of benzene rings is 1. The van der Waals surface area contributed by atoms with Gasteiger partial charge in [0.05, 0.1) is 5.69 Å². The van der Waals surface area contributed by atoms with Crippen molar-refractivity contribution < 1.29 is 0 Å². The number of aromatic nitrogens is 2. The average Bonchev–Trinajstić information content (AvgIpc) is 2.71. The first-order chi connectivity index (χ1) is 6.77. The van der Waals surface area contributed by atoms with Crippen molar-refractivity contribution in [2.24, 2.45) is 0 Å². The summed E-state index contributed by atoms with van der Waals surface area (Å²) in [4.78, 5) is 2.08. The van der Waals surface area contributed by atoms with Crippen molar-refractivity contribution in [1.82, 2.24) is 10.2 Å². The number of anilines is 1. The van der Waals surface area contributed by atoms with Crippen molar-refractivity contribution in [2.45, 2.75) is 0 Å². The van der Waals surface area contributed by atoms with E-state index in [-0.39, 0.29) is 0 Å². The van der Waals surface area contributed by atoms with E-state index in [1.807, 2.05) is 26.2 Å². The van der Waals surface area contributed by atoms with Crippen LogP contribution in [0.25, 0.3) is 11.3 Å². The third-order valence-corrected chi connectivity index (χ3v) is 2.17. The van der Waals surface area contributed by atoms with Crippen LogP contribution in [0.1, 0.15) is 0 Å². The molecule has 0 aliphatic rings. The van der Waals surface area contributed by atoms with Crippen LogP contribution >= 0.6 is 0 Å². The van der Waals surface area contributed by atoms with Gasteiger partial charge in [-0.15, -0.1) is 0 Å². The highest BCUT2D eigenvalue weighted by atomic mass is 15.1. The molecule has 0 amide bonds. The maximum atomic E-state index is 3.93. The Morgan fingerprint density at radius 1 is 1.21 bits per heavy atom. The number of H-pyrrole nitrogens is 1. The molecule has 2 rings (SSSR count). The normalized spacial score (nSPS) is 10.1. The third-order valence-electron chi connectivity index (χ3n) is 2.17. The predicted molar refractivity (Wildman–Crippen MR) is 58.4 cm³/mol. The highest BCUT2D eigenvalue weighted by molar-refractivity contribution is 5.64. The van der Waals surface area contributed by atoms with Crippen LogP contribution in [0.4, 0.5) is 5.69 Å². The summed E-state index contributed by atoms with van der Waals surface area (Å²) in [7, 11) is 4.07. The monoisotopic (exact) mass is 187 g/mol. The molecule has 0 spiro atoms. The van der Waals surface area contributed by atoms with E-state index < -0.39 is 0 Å². The zero-order valence-corrected chi connectivity index (χ0v) is 8.36. The molecule has 1 aromatic heterocycles. The summed E-state index contributed by atoms with van der Waals surface area (Å²) < 4.78 is 0. The Hall–Kier alpha value is -1.77. The van der Waals surface area contributed by atoms with Gasteiger partial charge in [0.2, 0.25) is 0 Å². The molecular weight excluding hydrogens is 174 g/mol. The molecule has 72 valence electrons. The molecular formula is C11H13N3. The number of rotatable bonds is 2. The van der Waals surface area contributed by atoms with Gasteiger partial charge in [-0.2, -0.15) is 5.10 Å². The Labute approximate surface area is 83.4 Å². The fraction of sp³-hybridized carbons (Fsp3) is 0.182. The Kier molecular flexibility index (Phi) is 2.23. The van der Waals surface area contributed by atoms with Crippen molar-refractivity contribution in [3.05, 3.63) is 36.5 Å². The van der Waals surface area contributed by atoms with E-state index in [2.05, 4.69) is 33.3 Å². The highest BCUT2D eigenvalue weighted by Crippen LogP contribution is 2.21. The molecule has 14 heavy (non-hydrogen) atoms. The lowest BCUT2D eigenvalue weighted by atomic mass is 10.1. The second-order valence-electron chi connectivity index (χ2n) is 3.42. The summed E-state index contributed by atoms with van der Waals surface area (Å²) in [6, 6.07) is 10.3. The lowest BCUT2D eigenvalue weighted by Gasteiger charge is -2.12. The maximum Gasteiger partial charge on any atom is 0.0650 e. The van der Waals surface area contributed by atoms with Crippen LogP contribution in [0.15, 0.2) is 36.5 Å². The molecule has 1 aromatic carbocycles. The molecule has 0 unspecified atom stereocenters. The van der Waals surface area contributed by atoms with Crippen LogP contribution in [0, 0.1) is 0 Å². The highest BCUT2D eigenvalue weighted by Gasteiger charge is 2.00. The van der Waals surface area contributed by atoms with Gasteiger partial charge in [0.1, 0.15) is 0 Å². The van der Waals surface area contributed by atoms with E-state index in [1.54, 1.807) is 6.20 Å². The van der Waals surface area contributed by atoms with E-state index in [4.69, 9.17) is 0 Å². The van der Waals surface area contributed by atoms with Crippen LogP contribution in [-0.4, -0.2) is 24.3 Å². The number of nitrogens with zero attached hydrogens (tertiary/aromatic N) is 2. The smallest absolute Gasteiger partial charge is 0.0650 e. The minimum Gasteiger partial charge on any atom is -0.378 e. The first-order valence-electron chi connectivity index (χ1n) is 4.54. The average molecular weight is 187 g/mol. The van der Waals surface area contributed by atoms with Crippen LogP contribution in [0.5, 0.6) is 0 Å². The van der Waals surface area contributed by atoms with Gasteiger partial charge in [-0.1, -0.05) is 12.1 Å². The van der Waals surface area contributed by atoms with Gasteiger partial charge in [0.25, 0.3) is 0 Å². The molecule has 0 saturated heterocycles. The number of nitrogens with one attached hydrogen (secondary N) is 1. The zero-order chi connectivity index (χ0) is 9.97. The van der Waals surface area contributed by atoms with Gasteiger partial charge in [0, 0.05) is 31.5 Å². The topological polar surface area (TPSA) is 31.9 Å². The van der Waals surface area contributed by atoms with Gasteiger partial charge < -0.3 is 4.90 Å². The molecule has 1 N–H and O–H groups in total. The number of aromatic amines is 1. The molecule has 1 heterocycles. The lowest BCUT2D eigenvalue weighted by molar-refractivity contribution is 1.09. The SMILES string of the molecule is CN(C)c1cccc(-c2ccn[nH]2)c1. The molecule has 0 radical (unpaired) electrons. The quantitative estimate of drug-likeness (QED) is 0.781. The number of hydrogen-bond donors (Lipinski definition) is 1. The molecule has 0 aliphatic carbocycles. The van der Waals surface area contributed by atoms with E-state index in [0.29, 0.717) is 0 Å². The van der Waals surface area contributed by atoms with Crippen LogP contribution < -0.4 is 4.90 Å². The molecule has 2 aromatic rings. The lowest BCUT2D eigenvalue weighted by Crippen LogP contribution is -2.08. The minimum absolute atomic E-state index is 1.05. The molecule has 0 saturated carbocycles. The zero-order valence-electron chi connectivity index (χ0n) is 8.36. The third kappa shape index (κ3) is 1.62. The van der Waals surface area contributed by atoms with Crippen molar-refractivity contribution in [3.63, 3.8) is 0 Å². The van der Waals surface area contributed by atoms with E-state index in [1.165, 1.54) is 5.69 Å². The summed E-state index contributed by atoms with van der Waals surface area (Å²) in [5.74, 6) is 0. The molecule has 3 heteroatoms. The van der Waals surface area contributed by atoms with Crippen LogP contribution in [0.3, 0.4) is 0 Å². The molecule has 0 atom stereocenters. The first kappa shape index (κ1) is 8.81. The van der Waals surface area contributed by atoms with Crippen molar-refractivity contribution in [2.75, 3.05) is 19.0 Å². The van der Waals surface area contributed by atoms with Crippen molar-refractivity contribution >= 4 is 5.69 Å².